The van der Waals surface area contributed by atoms with Crippen LogP contribution in [0.25, 0.3) is 0 Å². The highest BCUT2D eigenvalue weighted by Gasteiger charge is 2.33. The number of carboxylic acid groups (broad SMARTS) is 1. The molecule has 1 aromatic heterocycles. The third-order valence-electron chi connectivity index (χ3n) is 2.66. The zero-order valence-electron chi connectivity index (χ0n) is 8.33. The van der Waals surface area contributed by atoms with E-state index in [9.17, 15) is 4.79 Å². The van der Waals surface area contributed by atoms with Gasteiger partial charge in [-0.1, -0.05) is 13.8 Å². The lowest BCUT2D eigenvalue weighted by Gasteiger charge is -2.15. The zero-order chi connectivity index (χ0) is 10.3. The minimum absolute atomic E-state index is 0.0632. The highest BCUT2D eigenvalue weighted by Crippen LogP contribution is 2.40. The first-order valence-electron chi connectivity index (χ1n) is 4.70. The van der Waals surface area contributed by atoms with Crippen molar-refractivity contribution in [2.24, 2.45) is 0 Å². The second kappa shape index (κ2) is 3.05. The fourth-order valence-electron chi connectivity index (χ4n) is 1.85. The maximum absolute atomic E-state index is 10.5. The molecule has 0 atom stereocenters. The van der Waals surface area contributed by atoms with Crippen molar-refractivity contribution in [1.82, 2.24) is 4.98 Å². The van der Waals surface area contributed by atoms with Gasteiger partial charge in [0.1, 0.15) is 5.01 Å². The Morgan fingerprint density at radius 3 is 2.93 bits per heavy atom. The van der Waals surface area contributed by atoms with Crippen molar-refractivity contribution >= 4 is 17.3 Å². The molecule has 0 saturated heterocycles. The van der Waals surface area contributed by atoms with Gasteiger partial charge in [0, 0.05) is 10.3 Å². The molecule has 1 aromatic rings. The van der Waals surface area contributed by atoms with E-state index in [2.05, 4.69) is 18.8 Å². The van der Waals surface area contributed by atoms with Crippen molar-refractivity contribution in [3.8, 4) is 0 Å². The SMILES string of the molecule is CC1(C)CCc2sc(CC(=O)O)nc21. The van der Waals surface area contributed by atoms with Gasteiger partial charge in [-0.25, -0.2) is 4.98 Å². The van der Waals surface area contributed by atoms with Crippen molar-refractivity contribution in [3.63, 3.8) is 0 Å². The van der Waals surface area contributed by atoms with Crippen molar-refractivity contribution < 1.29 is 9.90 Å². The number of hydrogen-bond donors (Lipinski definition) is 1. The van der Waals surface area contributed by atoms with Gasteiger partial charge in [-0.2, -0.15) is 0 Å². The molecule has 1 aliphatic carbocycles. The molecule has 0 fully saturated rings. The molecule has 1 N–H and O–H groups in total. The summed E-state index contributed by atoms with van der Waals surface area (Å²) in [6.07, 6.45) is 2.25. The Balaban J connectivity index is 2.30. The minimum Gasteiger partial charge on any atom is -0.481 e. The molecular formula is C10H13NO2S. The molecule has 0 bridgehead atoms. The van der Waals surface area contributed by atoms with Crippen LogP contribution >= 0.6 is 11.3 Å². The van der Waals surface area contributed by atoms with Crippen molar-refractivity contribution in [2.45, 2.75) is 38.5 Å². The number of aryl methyl sites for hydroxylation is 1. The van der Waals surface area contributed by atoms with E-state index in [1.54, 1.807) is 11.3 Å². The van der Waals surface area contributed by atoms with Crippen LogP contribution < -0.4 is 0 Å². The smallest absolute Gasteiger partial charge is 0.310 e. The fraction of sp³-hybridized carbons (Fsp3) is 0.600. The first-order chi connectivity index (χ1) is 6.49. The van der Waals surface area contributed by atoms with Gasteiger partial charge in [0.05, 0.1) is 12.1 Å². The predicted octanol–water partition coefficient (Wildman–Crippen LogP) is 1.99. The van der Waals surface area contributed by atoms with Crippen LogP contribution in [0.2, 0.25) is 0 Å². The second-order valence-electron chi connectivity index (χ2n) is 4.33. The van der Waals surface area contributed by atoms with E-state index < -0.39 is 5.97 Å². The number of fused-ring (bicyclic) bond motifs is 1. The summed E-state index contributed by atoms with van der Waals surface area (Å²) in [6.45, 7) is 4.34. The third-order valence-corrected chi connectivity index (χ3v) is 3.78. The maximum atomic E-state index is 10.5. The van der Waals surface area contributed by atoms with Crippen molar-refractivity contribution in [1.29, 1.82) is 0 Å². The number of nitrogens with zero attached hydrogens (tertiary/aromatic N) is 1. The van der Waals surface area contributed by atoms with Gasteiger partial charge in [0.25, 0.3) is 0 Å². The predicted molar refractivity (Wildman–Crippen MR) is 54.8 cm³/mol. The molecule has 4 heteroatoms. The highest BCUT2D eigenvalue weighted by molar-refractivity contribution is 7.11. The quantitative estimate of drug-likeness (QED) is 0.814. The van der Waals surface area contributed by atoms with Crippen LogP contribution in [0.3, 0.4) is 0 Å². The molecule has 3 nitrogen and oxygen atoms in total. The average Bonchev–Trinajstić information content (AvgIpc) is 2.53. The van der Waals surface area contributed by atoms with Gasteiger partial charge in [0.15, 0.2) is 0 Å². The van der Waals surface area contributed by atoms with Gasteiger partial charge in [-0.05, 0) is 12.8 Å². The molecular weight excluding hydrogens is 198 g/mol. The monoisotopic (exact) mass is 211 g/mol. The summed E-state index contributed by atoms with van der Waals surface area (Å²) in [5.41, 5.74) is 1.27. The number of thiazole rings is 1. The van der Waals surface area contributed by atoms with E-state index in [4.69, 9.17) is 5.11 Å². The van der Waals surface area contributed by atoms with Crippen LogP contribution in [0, 0.1) is 0 Å². The van der Waals surface area contributed by atoms with Crippen LogP contribution in [0.5, 0.6) is 0 Å². The Bertz CT molecular complexity index is 381. The number of carboxylic acids is 1. The molecule has 0 aromatic carbocycles. The molecule has 2 rings (SSSR count). The number of carbonyl (C=O) groups is 1. The van der Waals surface area contributed by atoms with Gasteiger partial charge < -0.3 is 5.11 Å². The fourth-order valence-corrected chi connectivity index (χ4v) is 3.09. The summed E-state index contributed by atoms with van der Waals surface area (Å²) in [5, 5.41) is 9.40. The Morgan fingerprint density at radius 2 is 2.36 bits per heavy atom. The largest absolute Gasteiger partial charge is 0.481 e. The normalized spacial score (nSPS) is 18.1. The first kappa shape index (κ1) is 9.65. The average molecular weight is 211 g/mol. The minimum atomic E-state index is -0.796. The second-order valence-corrected chi connectivity index (χ2v) is 5.50. The van der Waals surface area contributed by atoms with Gasteiger partial charge in [0.2, 0.25) is 0 Å². The molecule has 0 spiro atoms. The van der Waals surface area contributed by atoms with E-state index in [0.29, 0.717) is 0 Å². The molecule has 14 heavy (non-hydrogen) atoms. The molecule has 0 aliphatic heterocycles. The highest BCUT2D eigenvalue weighted by atomic mass is 32.1. The van der Waals surface area contributed by atoms with Gasteiger partial charge in [-0.15, -0.1) is 11.3 Å². The lowest BCUT2D eigenvalue weighted by atomic mass is 9.91. The van der Waals surface area contributed by atoms with E-state index in [1.165, 1.54) is 4.88 Å². The molecule has 1 heterocycles. The van der Waals surface area contributed by atoms with Crippen LogP contribution in [0.4, 0.5) is 0 Å². The Labute approximate surface area is 86.8 Å². The van der Waals surface area contributed by atoms with Crippen LogP contribution in [0.1, 0.15) is 35.8 Å². The number of aromatic nitrogens is 1. The summed E-state index contributed by atoms with van der Waals surface area (Å²) >= 11 is 1.56. The molecule has 0 unspecified atom stereocenters. The summed E-state index contributed by atoms with van der Waals surface area (Å²) in [7, 11) is 0. The summed E-state index contributed by atoms with van der Waals surface area (Å²) in [4.78, 5) is 16.2. The van der Waals surface area contributed by atoms with Crippen LogP contribution in [-0.2, 0) is 23.1 Å². The lowest BCUT2D eigenvalue weighted by Crippen LogP contribution is -2.13. The molecule has 0 amide bonds. The molecule has 0 saturated carbocycles. The van der Waals surface area contributed by atoms with E-state index in [1.807, 2.05) is 0 Å². The number of hydrogen-bond acceptors (Lipinski definition) is 3. The Hall–Kier alpha value is -0.900. The topological polar surface area (TPSA) is 50.2 Å². The molecule has 1 aliphatic rings. The molecule has 0 radical (unpaired) electrons. The summed E-state index contributed by atoms with van der Waals surface area (Å²) in [5.74, 6) is -0.796. The maximum Gasteiger partial charge on any atom is 0.310 e. The Morgan fingerprint density at radius 1 is 1.64 bits per heavy atom. The van der Waals surface area contributed by atoms with Crippen LogP contribution in [-0.4, -0.2) is 16.1 Å². The summed E-state index contributed by atoms with van der Waals surface area (Å²) < 4.78 is 0. The van der Waals surface area contributed by atoms with E-state index in [-0.39, 0.29) is 11.8 Å². The lowest BCUT2D eigenvalue weighted by molar-refractivity contribution is -0.136. The van der Waals surface area contributed by atoms with Crippen LogP contribution in [0.15, 0.2) is 0 Å². The van der Waals surface area contributed by atoms with Gasteiger partial charge >= 0.3 is 5.97 Å². The molecule has 76 valence electrons. The summed E-state index contributed by atoms with van der Waals surface area (Å²) in [6, 6.07) is 0. The van der Waals surface area contributed by atoms with Crippen molar-refractivity contribution in [2.75, 3.05) is 0 Å². The first-order valence-corrected chi connectivity index (χ1v) is 5.51. The van der Waals surface area contributed by atoms with E-state index >= 15 is 0 Å². The number of aliphatic carboxylic acids is 1. The van der Waals surface area contributed by atoms with Crippen molar-refractivity contribution in [3.05, 3.63) is 15.6 Å². The third kappa shape index (κ3) is 1.54. The zero-order valence-corrected chi connectivity index (χ0v) is 9.15. The van der Waals surface area contributed by atoms with Gasteiger partial charge in [-0.3, -0.25) is 4.79 Å². The van der Waals surface area contributed by atoms with E-state index in [0.717, 1.165) is 23.5 Å². The Kier molecular flexibility index (Phi) is 2.10. The standard InChI is InChI=1S/C10H13NO2S/c1-10(2)4-3-6-9(10)11-7(14-6)5-8(12)13/h3-5H2,1-2H3,(H,12,13). The number of rotatable bonds is 2.